The molecule has 0 aliphatic carbocycles. The molecule has 0 bridgehead atoms. The second kappa shape index (κ2) is 11.9. The highest BCUT2D eigenvalue weighted by molar-refractivity contribution is 5.76. The molecule has 1 atom stereocenters. The highest BCUT2D eigenvalue weighted by atomic mass is 16.1. The summed E-state index contributed by atoms with van der Waals surface area (Å²) in [6.45, 7) is 8.10. The molecule has 0 heterocycles. The maximum absolute atomic E-state index is 11.5. The summed E-state index contributed by atoms with van der Waals surface area (Å²) in [4.78, 5) is 11.5. The van der Waals surface area contributed by atoms with E-state index in [1.54, 1.807) is 0 Å². The van der Waals surface area contributed by atoms with E-state index in [2.05, 4.69) is 24.5 Å². The Morgan fingerprint density at radius 1 is 1.06 bits per heavy atom. The minimum Gasteiger partial charge on any atom is -0.356 e. The summed E-state index contributed by atoms with van der Waals surface area (Å²) in [5.41, 5.74) is 0. The zero-order valence-electron chi connectivity index (χ0n) is 11.8. The molecule has 0 radical (unpaired) electrons. The summed E-state index contributed by atoms with van der Waals surface area (Å²) in [7, 11) is 0. The predicted molar refractivity (Wildman–Crippen MR) is 74.1 cm³/mol. The third-order valence-corrected chi connectivity index (χ3v) is 2.90. The minimum atomic E-state index is 0.173. The van der Waals surface area contributed by atoms with E-state index in [1.807, 2.05) is 6.92 Å². The highest BCUT2D eigenvalue weighted by Gasteiger charge is 2.06. The maximum Gasteiger partial charge on any atom is 0.221 e. The molecule has 2 N–H and O–H groups in total. The molecule has 0 aromatic rings. The molecule has 3 nitrogen and oxygen atoms in total. The zero-order chi connectivity index (χ0) is 12.9. The average Bonchev–Trinajstić information content (AvgIpc) is 2.28. The van der Waals surface area contributed by atoms with E-state index in [9.17, 15) is 4.79 Å². The monoisotopic (exact) mass is 242 g/mol. The summed E-state index contributed by atoms with van der Waals surface area (Å²) >= 11 is 0. The first kappa shape index (κ1) is 16.4. The van der Waals surface area contributed by atoms with Crippen LogP contribution in [-0.4, -0.2) is 25.0 Å². The van der Waals surface area contributed by atoms with Gasteiger partial charge in [0.1, 0.15) is 0 Å². The second-order valence-electron chi connectivity index (χ2n) is 4.78. The summed E-state index contributed by atoms with van der Waals surface area (Å²) in [5.74, 6) is 0.173. The van der Waals surface area contributed by atoms with Gasteiger partial charge in [0, 0.05) is 19.0 Å². The van der Waals surface area contributed by atoms with E-state index in [-0.39, 0.29) is 11.9 Å². The number of rotatable bonds is 11. The van der Waals surface area contributed by atoms with Gasteiger partial charge in [-0.2, -0.15) is 0 Å². The highest BCUT2D eigenvalue weighted by Crippen LogP contribution is 2.04. The molecular weight excluding hydrogens is 212 g/mol. The van der Waals surface area contributed by atoms with Crippen molar-refractivity contribution < 1.29 is 4.79 Å². The molecule has 0 saturated carbocycles. The summed E-state index contributed by atoms with van der Waals surface area (Å²) < 4.78 is 0. The van der Waals surface area contributed by atoms with Crippen LogP contribution in [0.3, 0.4) is 0 Å². The van der Waals surface area contributed by atoms with Crippen molar-refractivity contribution in [2.24, 2.45) is 0 Å². The van der Waals surface area contributed by atoms with Gasteiger partial charge in [0.15, 0.2) is 0 Å². The first-order chi connectivity index (χ1) is 8.20. The van der Waals surface area contributed by atoms with E-state index >= 15 is 0 Å². The lowest BCUT2D eigenvalue weighted by Crippen LogP contribution is -2.34. The first-order valence-corrected chi connectivity index (χ1v) is 7.20. The zero-order valence-corrected chi connectivity index (χ0v) is 11.8. The molecule has 102 valence electrons. The Hall–Kier alpha value is -0.570. The Kier molecular flexibility index (Phi) is 11.5. The molecule has 1 amide bonds. The van der Waals surface area contributed by atoms with E-state index in [1.165, 1.54) is 32.1 Å². The Bertz CT molecular complexity index is 183. The van der Waals surface area contributed by atoms with Gasteiger partial charge in [-0.15, -0.1) is 0 Å². The number of carbonyl (C=O) groups excluding carboxylic acids is 1. The molecule has 0 aromatic carbocycles. The van der Waals surface area contributed by atoms with Crippen LogP contribution in [0.2, 0.25) is 0 Å². The molecule has 1 unspecified atom stereocenters. The number of hydrogen-bond donors (Lipinski definition) is 2. The lowest BCUT2D eigenvalue weighted by molar-refractivity contribution is -0.121. The predicted octanol–water partition coefficient (Wildman–Crippen LogP) is 2.85. The molecule has 0 aliphatic heterocycles. The van der Waals surface area contributed by atoms with Crippen molar-refractivity contribution in [3.63, 3.8) is 0 Å². The molecular formula is C14H30N2O. The van der Waals surface area contributed by atoms with Crippen LogP contribution >= 0.6 is 0 Å². The summed E-state index contributed by atoms with van der Waals surface area (Å²) in [6, 6.07) is 0.282. The molecule has 0 rings (SSSR count). The van der Waals surface area contributed by atoms with Crippen LogP contribution in [0.4, 0.5) is 0 Å². The number of nitrogens with one attached hydrogen (secondary N) is 2. The van der Waals surface area contributed by atoms with Crippen molar-refractivity contribution in [3.05, 3.63) is 0 Å². The largest absolute Gasteiger partial charge is 0.356 e. The van der Waals surface area contributed by atoms with Gasteiger partial charge in [-0.25, -0.2) is 0 Å². The lowest BCUT2D eigenvalue weighted by atomic mass is 10.1. The normalized spacial score (nSPS) is 12.4. The molecule has 0 aromatic heterocycles. The second-order valence-corrected chi connectivity index (χ2v) is 4.78. The van der Waals surface area contributed by atoms with Gasteiger partial charge < -0.3 is 10.6 Å². The average molecular weight is 242 g/mol. The van der Waals surface area contributed by atoms with Gasteiger partial charge in [-0.05, 0) is 19.9 Å². The summed E-state index contributed by atoms with van der Waals surface area (Å²) in [6.07, 6.45) is 8.21. The molecule has 3 heteroatoms. The number of unbranched alkanes of at least 4 members (excludes halogenated alkanes) is 5. The van der Waals surface area contributed by atoms with Crippen LogP contribution in [0.5, 0.6) is 0 Å². The van der Waals surface area contributed by atoms with Crippen LogP contribution in [0.1, 0.15) is 65.7 Å². The number of amides is 1. The molecule has 0 saturated heterocycles. The van der Waals surface area contributed by atoms with E-state index in [0.29, 0.717) is 6.42 Å². The maximum atomic E-state index is 11.5. The van der Waals surface area contributed by atoms with Crippen LogP contribution in [0.25, 0.3) is 0 Å². The van der Waals surface area contributed by atoms with E-state index < -0.39 is 0 Å². The van der Waals surface area contributed by atoms with Gasteiger partial charge in [0.05, 0.1) is 0 Å². The molecule has 0 fully saturated rings. The van der Waals surface area contributed by atoms with Crippen molar-refractivity contribution in [1.82, 2.24) is 10.6 Å². The molecule has 0 spiro atoms. The third kappa shape index (κ3) is 11.7. The van der Waals surface area contributed by atoms with Crippen molar-refractivity contribution in [2.45, 2.75) is 71.8 Å². The van der Waals surface area contributed by atoms with E-state index in [0.717, 1.165) is 19.5 Å². The smallest absolute Gasteiger partial charge is 0.221 e. The lowest BCUT2D eigenvalue weighted by Gasteiger charge is -2.11. The first-order valence-electron chi connectivity index (χ1n) is 7.20. The summed E-state index contributed by atoms with van der Waals surface area (Å²) in [5, 5.41) is 6.22. The van der Waals surface area contributed by atoms with Gasteiger partial charge in [0.2, 0.25) is 5.91 Å². The fourth-order valence-corrected chi connectivity index (χ4v) is 1.90. The minimum absolute atomic E-state index is 0.173. The van der Waals surface area contributed by atoms with Crippen LogP contribution in [-0.2, 0) is 4.79 Å². The molecule has 0 aliphatic rings. The Balaban J connectivity index is 3.27. The van der Waals surface area contributed by atoms with Crippen molar-refractivity contribution in [2.75, 3.05) is 13.1 Å². The number of carbonyl (C=O) groups is 1. The van der Waals surface area contributed by atoms with Crippen LogP contribution in [0.15, 0.2) is 0 Å². The van der Waals surface area contributed by atoms with Crippen LogP contribution < -0.4 is 10.6 Å². The van der Waals surface area contributed by atoms with Gasteiger partial charge >= 0.3 is 0 Å². The Morgan fingerprint density at radius 2 is 1.71 bits per heavy atom. The topological polar surface area (TPSA) is 41.1 Å². The van der Waals surface area contributed by atoms with Crippen molar-refractivity contribution >= 4 is 5.91 Å². The van der Waals surface area contributed by atoms with Crippen molar-refractivity contribution in [1.29, 1.82) is 0 Å². The van der Waals surface area contributed by atoms with Crippen molar-refractivity contribution in [3.8, 4) is 0 Å². The van der Waals surface area contributed by atoms with Gasteiger partial charge in [-0.1, -0.05) is 46.0 Å². The third-order valence-electron chi connectivity index (χ3n) is 2.90. The molecule has 17 heavy (non-hydrogen) atoms. The SMILES string of the molecule is CCCCCCCCNC(=O)CC(C)NCC. The fourth-order valence-electron chi connectivity index (χ4n) is 1.90. The standard InChI is InChI=1S/C14H30N2O/c1-4-6-7-8-9-10-11-16-14(17)12-13(3)15-5-2/h13,15H,4-12H2,1-3H3,(H,16,17). The van der Waals surface area contributed by atoms with Gasteiger partial charge in [0.25, 0.3) is 0 Å². The Labute approximate surface area is 107 Å². The van der Waals surface area contributed by atoms with Crippen LogP contribution in [0, 0.1) is 0 Å². The number of hydrogen-bond acceptors (Lipinski definition) is 2. The Morgan fingerprint density at radius 3 is 2.35 bits per heavy atom. The van der Waals surface area contributed by atoms with E-state index in [4.69, 9.17) is 0 Å². The fraction of sp³-hybridized carbons (Fsp3) is 0.929. The quantitative estimate of drug-likeness (QED) is 0.547. The van der Waals surface area contributed by atoms with Gasteiger partial charge in [-0.3, -0.25) is 4.79 Å².